The molecule has 19 heavy (non-hydrogen) atoms. The van der Waals surface area contributed by atoms with Crippen LogP contribution >= 0.6 is 11.3 Å². The van der Waals surface area contributed by atoms with E-state index in [1.807, 2.05) is 6.07 Å². The molecule has 1 fully saturated rings. The van der Waals surface area contributed by atoms with Crippen LogP contribution in [0.4, 0.5) is 10.7 Å². The molecule has 1 aromatic heterocycles. The Labute approximate surface area is 117 Å². The molecule has 5 nitrogen and oxygen atoms in total. The van der Waals surface area contributed by atoms with Gasteiger partial charge >= 0.3 is 5.97 Å². The van der Waals surface area contributed by atoms with Crippen LogP contribution in [-0.4, -0.2) is 51.2 Å². The molecule has 1 aliphatic rings. The fraction of sp³-hybridized carbons (Fsp3) is 0.615. The summed E-state index contributed by atoms with van der Waals surface area (Å²) in [6, 6.07) is 2.53. The molecule has 0 bridgehead atoms. The number of carbonyl (C=O) groups is 1. The smallest absolute Gasteiger partial charge is 0.350 e. The molecule has 106 valence electrons. The Bertz CT molecular complexity index is 451. The summed E-state index contributed by atoms with van der Waals surface area (Å²) in [4.78, 5) is 16.6. The maximum atomic E-state index is 11.6. The number of piperidine rings is 1. The fourth-order valence-electron chi connectivity index (χ4n) is 2.40. The number of ether oxygens (including phenoxy) is 1. The van der Waals surface area contributed by atoms with Gasteiger partial charge in [-0.2, -0.15) is 0 Å². The van der Waals surface area contributed by atoms with Crippen molar-refractivity contribution in [2.24, 2.45) is 0 Å². The number of nitrogens with two attached hydrogens (primary N) is 1. The van der Waals surface area contributed by atoms with Crippen molar-refractivity contribution < 1.29 is 9.53 Å². The van der Waals surface area contributed by atoms with Gasteiger partial charge in [0.05, 0.1) is 17.8 Å². The molecule has 0 atom stereocenters. The number of hydrogen-bond acceptors (Lipinski definition) is 6. The van der Waals surface area contributed by atoms with Crippen molar-refractivity contribution in [2.75, 3.05) is 44.9 Å². The Hall–Kier alpha value is -1.27. The van der Waals surface area contributed by atoms with Crippen LogP contribution in [0.3, 0.4) is 0 Å². The Kier molecular flexibility index (Phi) is 4.31. The van der Waals surface area contributed by atoms with Crippen LogP contribution in [0.25, 0.3) is 0 Å². The van der Waals surface area contributed by atoms with Gasteiger partial charge in [-0.05, 0) is 33.0 Å². The van der Waals surface area contributed by atoms with Gasteiger partial charge in [-0.15, -0.1) is 11.3 Å². The van der Waals surface area contributed by atoms with Gasteiger partial charge in [-0.25, -0.2) is 4.79 Å². The first-order valence-electron chi connectivity index (χ1n) is 6.42. The van der Waals surface area contributed by atoms with E-state index in [0.717, 1.165) is 30.9 Å². The zero-order valence-corrected chi connectivity index (χ0v) is 12.5. The van der Waals surface area contributed by atoms with Gasteiger partial charge in [-0.1, -0.05) is 0 Å². The fourth-order valence-corrected chi connectivity index (χ4v) is 3.45. The number of hydrogen-bond donors (Lipinski definition) is 1. The third kappa shape index (κ3) is 3.01. The molecule has 2 N–H and O–H groups in total. The molecule has 2 heterocycles. The molecule has 0 saturated carbocycles. The number of thiophene rings is 1. The Morgan fingerprint density at radius 2 is 2.11 bits per heavy atom. The maximum Gasteiger partial charge on any atom is 0.350 e. The van der Waals surface area contributed by atoms with Crippen molar-refractivity contribution in [3.63, 3.8) is 0 Å². The Morgan fingerprint density at radius 3 is 2.63 bits per heavy atom. The van der Waals surface area contributed by atoms with Crippen LogP contribution in [0, 0.1) is 0 Å². The van der Waals surface area contributed by atoms with Crippen LogP contribution < -0.4 is 10.6 Å². The van der Waals surface area contributed by atoms with Crippen molar-refractivity contribution >= 4 is 28.0 Å². The van der Waals surface area contributed by atoms with Gasteiger partial charge < -0.3 is 20.3 Å². The Morgan fingerprint density at radius 1 is 1.47 bits per heavy atom. The molecule has 0 unspecified atom stereocenters. The summed E-state index contributed by atoms with van der Waals surface area (Å²) in [7, 11) is 5.63. The maximum absolute atomic E-state index is 11.6. The molecule has 6 heteroatoms. The summed E-state index contributed by atoms with van der Waals surface area (Å²) in [5, 5.41) is 1.06. The van der Waals surface area contributed by atoms with E-state index in [4.69, 9.17) is 10.5 Å². The number of nitrogen functional groups attached to an aromatic ring is 1. The van der Waals surface area contributed by atoms with E-state index in [9.17, 15) is 4.79 Å². The first-order chi connectivity index (χ1) is 9.02. The van der Waals surface area contributed by atoms with Gasteiger partial charge in [0, 0.05) is 19.1 Å². The van der Waals surface area contributed by atoms with Crippen molar-refractivity contribution in [2.45, 2.75) is 18.9 Å². The van der Waals surface area contributed by atoms with E-state index in [2.05, 4.69) is 23.9 Å². The number of esters is 1. The predicted molar refractivity (Wildman–Crippen MR) is 79.0 cm³/mol. The number of carbonyl (C=O) groups excluding carboxylic acids is 1. The van der Waals surface area contributed by atoms with Crippen molar-refractivity contribution in [3.05, 3.63) is 10.9 Å². The molecule has 0 aromatic carbocycles. The summed E-state index contributed by atoms with van der Waals surface area (Å²) in [5.41, 5.74) is 6.39. The lowest BCUT2D eigenvalue weighted by Gasteiger charge is -2.35. The van der Waals surface area contributed by atoms with E-state index in [1.165, 1.54) is 18.4 Å². The molecule has 0 aliphatic carbocycles. The summed E-state index contributed by atoms with van der Waals surface area (Å²) in [6.45, 7) is 2.01. The van der Waals surface area contributed by atoms with Crippen molar-refractivity contribution in [1.82, 2.24) is 4.90 Å². The monoisotopic (exact) mass is 283 g/mol. The van der Waals surface area contributed by atoms with Crippen LogP contribution in [0.2, 0.25) is 0 Å². The van der Waals surface area contributed by atoms with Crippen LogP contribution in [0.5, 0.6) is 0 Å². The minimum Gasteiger partial charge on any atom is -0.465 e. The second-order valence-corrected chi connectivity index (χ2v) is 6.07. The van der Waals surface area contributed by atoms with Crippen molar-refractivity contribution in [3.8, 4) is 0 Å². The first kappa shape index (κ1) is 14.1. The van der Waals surface area contributed by atoms with E-state index in [1.54, 1.807) is 0 Å². The van der Waals surface area contributed by atoms with Crippen LogP contribution in [0.15, 0.2) is 6.07 Å². The van der Waals surface area contributed by atoms with Gasteiger partial charge in [0.25, 0.3) is 0 Å². The largest absolute Gasteiger partial charge is 0.465 e. The van der Waals surface area contributed by atoms with Gasteiger partial charge in [0.1, 0.15) is 4.88 Å². The normalized spacial score (nSPS) is 16.9. The average molecular weight is 283 g/mol. The highest BCUT2D eigenvalue weighted by molar-refractivity contribution is 7.18. The van der Waals surface area contributed by atoms with E-state index < -0.39 is 0 Å². The second-order valence-electron chi connectivity index (χ2n) is 5.04. The Balaban J connectivity index is 2.06. The molecule has 2 rings (SSSR count). The van der Waals surface area contributed by atoms with E-state index >= 15 is 0 Å². The predicted octanol–water partition coefficient (Wildman–Crippen LogP) is 1.65. The summed E-state index contributed by atoms with van der Waals surface area (Å²) >= 11 is 1.42. The summed E-state index contributed by atoms with van der Waals surface area (Å²) in [6.07, 6.45) is 2.27. The summed E-state index contributed by atoms with van der Waals surface area (Å²) in [5.74, 6) is -0.350. The minimum absolute atomic E-state index is 0.350. The molecule has 1 saturated heterocycles. The zero-order valence-electron chi connectivity index (χ0n) is 11.7. The molecular weight excluding hydrogens is 262 g/mol. The topological polar surface area (TPSA) is 58.8 Å². The first-order valence-corrected chi connectivity index (χ1v) is 7.23. The standard InChI is InChI=1S/C13H21N3O2S/c1-15(2)9-4-6-16(7-5-9)11-8-10(14)12(19-11)13(17)18-3/h8-9H,4-7,14H2,1-3H3. The minimum atomic E-state index is -0.350. The number of rotatable bonds is 3. The lowest BCUT2D eigenvalue weighted by Crippen LogP contribution is -2.41. The quantitative estimate of drug-likeness (QED) is 0.855. The van der Waals surface area contributed by atoms with Gasteiger partial charge in [-0.3, -0.25) is 0 Å². The van der Waals surface area contributed by atoms with Gasteiger partial charge in [0.15, 0.2) is 0 Å². The molecule has 0 radical (unpaired) electrons. The summed E-state index contributed by atoms with van der Waals surface area (Å²) < 4.78 is 4.73. The van der Waals surface area contributed by atoms with Gasteiger partial charge in [0.2, 0.25) is 0 Å². The number of nitrogens with zero attached hydrogens (tertiary/aromatic N) is 2. The number of methoxy groups -OCH3 is 1. The molecule has 1 aromatic rings. The lowest BCUT2D eigenvalue weighted by atomic mass is 10.0. The molecular formula is C13H21N3O2S. The lowest BCUT2D eigenvalue weighted by molar-refractivity contribution is 0.0607. The molecule has 0 spiro atoms. The van der Waals surface area contributed by atoms with Crippen molar-refractivity contribution in [1.29, 1.82) is 0 Å². The molecule has 1 aliphatic heterocycles. The van der Waals surface area contributed by atoms with Crippen LogP contribution in [0.1, 0.15) is 22.5 Å². The average Bonchev–Trinajstić information content (AvgIpc) is 2.80. The molecule has 0 amide bonds. The zero-order chi connectivity index (χ0) is 14.0. The SMILES string of the molecule is COC(=O)c1sc(N2CCC(N(C)C)CC2)cc1N. The van der Waals surface area contributed by atoms with E-state index in [0.29, 0.717) is 16.6 Å². The highest BCUT2D eigenvalue weighted by atomic mass is 32.1. The van der Waals surface area contributed by atoms with Crippen LogP contribution in [-0.2, 0) is 4.74 Å². The second kappa shape index (κ2) is 5.79. The van der Waals surface area contributed by atoms with E-state index in [-0.39, 0.29) is 5.97 Å². The highest BCUT2D eigenvalue weighted by Gasteiger charge is 2.23. The third-order valence-electron chi connectivity index (χ3n) is 3.63. The third-order valence-corrected chi connectivity index (χ3v) is 4.82. The number of anilines is 2. The highest BCUT2D eigenvalue weighted by Crippen LogP contribution is 2.34.